The number of carbonyl (C=O) groups excluding carboxylic acids is 1. The first-order valence-electron chi connectivity index (χ1n) is 8.65. The van der Waals surface area contributed by atoms with Crippen LogP contribution >= 0.6 is 0 Å². The van der Waals surface area contributed by atoms with Gasteiger partial charge in [0.25, 0.3) is 5.91 Å². The maximum absolute atomic E-state index is 13.3. The van der Waals surface area contributed by atoms with Crippen LogP contribution in [-0.2, 0) is 0 Å². The number of carbonyl (C=O) groups is 1. The van der Waals surface area contributed by atoms with Gasteiger partial charge in [-0.25, -0.2) is 8.78 Å². The van der Waals surface area contributed by atoms with Gasteiger partial charge >= 0.3 is 0 Å². The Morgan fingerprint density at radius 3 is 2.71 bits per heavy atom. The minimum atomic E-state index is -1.01. The molecule has 2 heterocycles. The first-order chi connectivity index (χ1) is 13.4. The fraction of sp³-hybridized carbons (Fsp3) is 0.333. The number of hydrogen-bond donors (Lipinski definition) is 2. The fourth-order valence-corrected chi connectivity index (χ4v) is 2.94. The molecule has 1 amide bonds. The molecule has 2 N–H and O–H groups in total. The average molecular weight is 390 g/mol. The van der Waals surface area contributed by atoms with Crippen LogP contribution in [0.1, 0.15) is 54.1 Å². The summed E-state index contributed by atoms with van der Waals surface area (Å²) in [4.78, 5) is 12.3. The topological polar surface area (TPSA) is 114 Å². The summed E-state index contributed by atoms with van der Waals surface area (Å²) in [7, 11) is 0. The lowest BCUT2D eigenvalue weighted by Gasteiger charge is -2.33. The number of halogens is 2. The highest BCUT2D eigenvalue weighted by Crippen LogP contribution is 2.36. The normalized spacial score (nSPS) is 19.9. The van der Waals surface area contributed by atoms with Crippen molar-refractivity contribution in [3.05, 3.63) is 53.4 Å². The summed E-state index contributed by atoms with van der Waals surface area (Å²) < 4.78 is 36.8. The van der Waals surface area contributed by atoms with Crippen LogP contribution < -0.4 is 5.32 Å². The zero-order valence-corrected chi connectivity index (χ0v) is 14.7. The predicted molar refractivity (Wildman–Crippen MR) is 90.0 cm³/mol. The molecule has 0 aliphatic heterocycles. The molecule has 3 aromatic rings. The van der Waals surface area contributed by atoms with Crippen molar-refractivity contribution in [2.45, 2.75) is 37.8 Å². The summed E-state index contributed by atoms with van der Waals surface area (Å²) in [6, 6.07) is 4.55. The van der Waals surface area contributed by atoms with Gasteiger partial charge in [-0.1, -0.05) is 5.16 Å². The van der Waals surface area contributed by atoms with E-state index >= 15 is 0 Å². The van der Waals surface area contributed by atoms with Gasteiger partial charge in [-0.3, -0.25) is 4.79 Å². The molecule has 4 rings (SSSR count). The van der Waals surface area contributed by atoms with Crippen LogP contribution in [0.4, 0.5) is 8.78 Å². The molecule has 2 aromatic heterocycles. The molecule has 8 nitrogen and oxygen atoms in total. The van der Waals surface area contributed by atoms with Gasteiger partial charge in [0.2, 0.25) is 11.8 Å². The van der Waals surface area contributed by atoms with Crippen molar-refractivity contribution in [3.8, 4) is 11.3 Å². The van der Waals surface area contributed by atoms with Crippen LogP contribution in [0.15, 0.2) is 33.2 Å². The highest BCUT2D eigenvalue weighted by atomic mass is 19.2. The molecule has 1 aliphatic rings. The van der Waals surface area contributed by atoms with E-state index in [1.54, 1.807) is 0 Å². The highest BCUT2D eigenvalue weighted by Gasteiger charge is 2.36. The van der Waals surface area contributed by atoms with Gasteiger partial charge in [0.15, 0.2) is 23.1 Å². The number of rotatable bonds is 5. The van der Waals surface area contributed by atoms with Crippen molar-refractivity contribution in [2.24, 2.45) is 0 Å². The average Bonchev–Trinajstić information content (AvgIpc) is 3.29. The number of nitrogens with one attached hydrogen (secondary N) is 1. The van der Waals surface area contributed by atoms with Gasteiger partial charge in [0, 0.05) is 23.6 Å². The quantitative estimate of drug-likeness (QED) is 0.688. The number of aliphatic hydroxyl groups is 1. The SMILES string of the molecule is C[C@@H](O)c1nnc(C2CC(NC(=O)c3cc(-c4ccc(F)c(F)c4)on3)C2)o1. The zero-order valence-electron chi connectivity index (χ0n) is 14.7. The van der Waals surface area contributed by atoms with Gasteiger partial charge in [-0.2, -0.15) is 0 Å². The molecule has 1 atom stereocenters. The van der Waals surface area contributed by atoms with Gasteiger partial charge in [-0.05, 0) is 38.0 Å². The fourth-order valence-electron chi connectivity index (χ4n) is 2.94. The summed E-state index contributed by atoms with van der Waals surface area (Å²) >= 11 is 0. The van der Waals surface area contributed by atoms with Crippen molar-refractivity contribution >= 4 is 5.91 Å². The van der Waals surface area contributed by atoms with E-state index in [-0.39, 0.29) is 34.9 Å². The van der Waals surface area contributed by atoms with E-state index in [0.717, 1.165) is 12.1 Å². The van der Waals surface area contributed by atoms with Gasteiger partial charge in [0.1, 0.15) is 6.10 Å². The maximum atomic E-state index is 13.3. The Labute approximate surface area is 157 Å². The van der Waals surface area contributed by atoms with Crippen molar-refractivity contribution < 1.29 is 27.6 Å². The van der Waals surface area contributed by atoms with Crippen LogP contribution in [0.3, 0.4) is 0 Å². The number of nitrogens with zero attached hydrogens (tertiary/aromatic N) is 3. The Morgan fingerprint density at radius 1 is 1.25 bits per heavy atom. The molecule has 0 bridgehead atoms. The number of aromatic nitrogens is 3. The third kappa shape index (κ3) is 3.50. The van der Waals surface area contributed by atoms with E-state index in [9.17, 15) is 18.7 Å². The molecule has 0 spiro atoms. The smallest absolute Gasteiger partial charge is 0.273 e. The Morgan fingerprint density at radius 2 is 2.04 bits per heavy atom. The number of hydrogen-bond acceptors (Lipinski definition) is 7. The molecule has 28 heavy (non-hydrogen) atoms. The molecule has 1 fully saturated rings. The Kier molecular flexibility index (Phi) is 4.63. The standard InChI is InChI=1S/C18H16F2N4O4/c1-8(25)17-22-23-18(27-17)10-4-11(5-10)21-16(26)14-7-15(28-24-14)9-2-3-12(19)13(20)6-9/h2-3,6-8,10-11,25H,4-5H2,1H3,(H,21,26)/t8-,10?,11?/m1/s1. The minimum Gasteiger partial charge on any atom is -0.422 e. The van der Waals surface area contributed by atoms with E-state index in [2.05, 4.69) is 20.7 Å². The number of benzene rings is 1. The lowest BCUT2D eigenvalue weighted by Crippen LogP contribution is -2.43. The van der Waals surface area contributed by atoms with Crippen molar-refractivity contribution in [1.29, 1.82) is 0 Å². The lowest BCUT2D eigenvalue weighted by atomic mass is 9.80. The molecule has 1 aliphatic carbocycles. The second-order valence-electron chi connectivity index (χ2n) is 6.70. The largest absolute Gasteiger partial charge is 0.422 e. The van der Waals surface area contributed by atoms with Crippen LogP contribution in [0.5, 0.6) is 0 Å². The maximum Gasteiger partial charge on any atom is 0.273 e. The summed E-state index contributed by atoms with van der Waals surface area (Å²) in [5, 5.41) is 23.6. The molecule has 0 unspecified atom stereocenters. The molecule has 1 aromatic carbocycles. The minimum absolute atomic E-state index is 0.0142. The van der Waals surface area contributed by atoms with Crippen LogP contribution in [0, 0.1) is 11.6 Å². The second kappa shape index (κ2) is 7.12. The summed E-state index contributed by atoms with van der Waals surface area (Å²) in [5.74, 6) is -1.65. The lowest BCUT2D eigenvalue weighted by molar-refractivity contribution is 0.0892. The highest BCUT2D eigenvalue weighted by molar-refractivity contribution is 5.93. The summed E-state index contributed by atoms with van der Waals surface area (Å²) in [6.45, 7) is 1.54. The van der Waals surface area contributed by atoms with Crippen LogP contribution in [-0.4, -0.2) is 32.4 Å². The van der Waals surface area contributed by atoms with E-state index in [1.807, 2.05) is 0 Å². The summed E-state index contributed by atoms with van der Waals surface area (Å²) in [6.07, 6.45) is 0.398. The Bertz CT molecular complexity index is 1010. The zero-order chi connectivity index (χ0) is 19.8. The van der Waals surface area contributed by atoms with Gasteiger partial charge in [0.05, 0.1) is 0 Å². The van der Waals surface area contributed by atoms with Crippen molar-refractivity contribution in [1.82, 2.24) is 20.7 Å². The van der Waals surface area contributed by atoms with Gasteiger partial charge in [-0.15, -0.1) is 10.2 Å². The molecule has 0 radical (unpaired) electrons. The predicted octanol–water partition coefficient (Wildman–Crippen LogP) is 2.73. The van der Waals surface area contributed by atoms with Crippen molar-refractivity contribution in [2.75, 3.05) is 0 Å². The molecule has 1 saturated carbocycles. The summed E-state index contributed by atoms with van der Waals surface area (Å²) in [5.41, 5.74) is 0.317. The number of aliphatic hydroxyl groups excluding tert-OH is 1. The monoisotopic (exact) mass is 390 g/mol. The van der Waals surface area contributed by atoms with Crippen LogP contribution in [0.25, 0.3) is 11.3 Å². The third-order valence-electron chi connectivity index (χ3n) is 4.58. The first-order valence-corrected chi connectivity index (χ1v) is 8.65. The van der Waals surface area contributed by atoms with Crippen LogP contribution in [0.2, 0.25) is 0 Å². The molecular weight excluding hydrogens is 374 g/mol. The molecule has 10 heteroatoms. The molecule has 0 saturated heterocycles. The third-order valence-corrected chi connectivity index (χ3v) is 4.58. The van der Waals surface area contributed by atoms with Gasteiger partial charge < -0.3 is 19.4 Å². The Hall–Kier alpha value is -3.14. The number of amides is 1. The molecule has 146 valence electrons. The van der Waals surface area contributed by atoms with E-state index in [0.29, 0.717) is 18.7 Å². The van der Waals surface area contributed by atoms with E-state index < -0.39 is 23.6 Å². The molecular formula is C18H16F2N4O4. The van der Waals surface area contributed by atoms with E-state index in [4.69, 9.17) is 8.94 Å². The van der Waals surface area contributed by atoms with E-state index in [1.165, 1.54) is 19.1 Å². The second-order valence-corrected chi connectivity index (χ2v) is 6.70. The van der Waals surface area contributed by atoms with Crippen molar-refractivity contribution in [3.63, 3.8) is 0 Å². The first kappa shape index (κ1) is 18.2. The Balaban J connectivity index is 1.35.